The molecule has 94 valence electrons. The molecular weight excluding hydrogens is 226 g/mol. The van der Waals surface area contributed by atoms with Crippen molar-refractivity contribution in [2.75, 3.05) is 13.7 Å². The predicted molar refractivity (Wildman–Crippen MR) is 65.8 cm³/mol. The van der Waals surface area contributed by atoms with E-state index in [2.05, 4.69) is 12.2 Å². The minimum absolute atomic E-state index is 0.205. The Hall–Kier alpha value is -0.260. The van der Waals surface area contributed by atoms with Gasteiger partial charge in [0.05, 0.1) is 0 Å². The number of aliphatic carboxylic acids is 1. The van der Waals surface area contributed by atoms with Crippen LogP contribution in [0.4, 0.5) is 0 Å². The Balaban J connectivity index is 2.48. The van der Waals surface area contributed by atoms with E-state index in [0.29, 0.717) is 23.3 Å². The van der Waals surface area contributed by atoms with Crippen LogP contribution in [0.25, 0.3) is 0 Å². The minimum Gasteiger partial charge on any atom is -0.480 e. The van der Waals surface area contributed by atoms with Gasteiger partial charge in [-0.3, -0.25) is 4.79 Å². The molecule has 0 saturated heterocycles. The molecule has 0 aromatic heterocycles. The van der Waals surface area contributed by atoms with Crippen molar-refractivity contribution in [3.8, 4) is 0 Å². The van der Waals surface area contributed by atoms with E-state index < -0.39 is 11.5 Å². The molecule has 0 radical (unpaired) electrons. The Kier molecular flexibility index (Phi) is 5.08. The SMILES string of the molecule is CNC1(C(=O)O)CCC(SC(C)CCO)C1. The van der Waals surface area contributed by atoms with Crippen molar-refractivity contribution in [2.24, 2.45) is 0 Å². The van der Waals surface area contributed by atoms with E-state index in [9.17, 15) is 9.90 Å². The third kappa shape index (κ3) is 3.12. The van der Waals surface area contributed by atoms with Crippen molar-refractivity contribution >= 4 is 17.7 Å². The number of nitrogens with one attached hydrogen (secondary N) is 1. The van der Waals surface area contributed by atoms with Crippen LogP contribution in [0.5, 0.6) is 0 Å². The molecule has 0 aliphatic heterocycles. The number of aliphatic hydroxyl groups excluding tert-OH is 1. The van der Waals surface area contributed by atoms with E-state index in [1.54, 1.807) is 18.8 Å². The number of thioether (sulfide) groups is 1. The number of carboxylic acids is 1. The average molecular weight is 247 g/mol. The highest BCUT2D eigenvalue weighted by Gasteiger charge is 2.44. The Labute approximate surface area is 101 Å². The summed E-state index contributed by atoms with van der Waals surface area (Å²) in [7, 11) is 1.72. The lowest BCUT2D eigenvalue weighted by molar-refractivity contribution is -0.144. The van der Waals surface area contributed by atoms with Crippen LogP contribution in [0.15, 0.2) is 0 Å². The molecule has 3 N–H and O–H groups in total. The Bertz CT molecular complexity index is 249. The molecule has 1 saturated carbocycles. The molecule has 0 amide bonds. The third-order valence-corrected chi connectivity index (χ3v) is 4.81. The molecule has 1 aliphatic carbocycles. The van der Waals surface area contributed by atoms with Crippen LogP contribution in [0.2, 0.25) is 0 Å². The normalized spacial score (nSPS) is 31.6. The van der Waals surface area contributed by atoms with Crippen molar-refractivity contribution in [1.82, 2.24) is 5.32 Å². The number of hydrogen-bond donors (Lipinski definition) is 3. The van der Waals surface area contributed by atoms with Gasteiger partial charge in [0, 0.05) is 17.1 Å². The molecule has 0 heterocycles. The molecule has 1 aliphatic rings. The van der Waals surface area contributed by atoms with Crippen molar-refractivity contribution in [2.45, 2.75) is 48.6 Å². The molecule has 1 rings (SSSR count). The highest BCUT2D eigenvalue weighted by molar-refractivity contribution is 8.00. The summed E-state index contributed by atoms with van der Waals surface area (Å²) in [5.41, 5.74) is -0.726. The lowest BCUT2D eigenvalue weighted by Gasteiger charge is -2.24. The van der Waals surface area contributed by atoms with Gasteiger partial charge in [0.15, 0.2) is 0 Å². The van der Waals surface area contributed by atoms with Crippen LogP contribution < -0.4 is 5.32 Å². The van der Waals surface area contributed by atoms with Gasteiger partial charge < -0.3 is 15.5 Å². The van der Waals surface area contributed by atoms with E-state index in [0.717, 1.165) is 12.8 Å². The Morgan fingerprint density at radius 2 is 2.38 bits per heavy atom. The summed E-state index contributed by atoms with van der Waals surface area (Å²) >= 11 is 1.80. The highest BCUT2D eigenvalue weighted by Crippen LogP contribution is 2.39. The van der Waals surface area contributed by atoms with Crippen molar-refractivity contribution in [3.63, 3.8) is 0 Å². The van der Waals surface area contributed by atoms with Gasteiger partial charge in [-0.15, -0.1) is 0 Å². The summed E-state index contributed by atoms with van der Waals surface area (Å²) in [5.74, 6) is -0.743. The van der Waals surface area contributed by atoms with Crippen LogP contribution in [0, 0.1) is 0 Å². The molecule has 0 aromatic rings. The van der Waals surface area contributed by atoms with Crippen molar-refractivity contribution < 1.29 is 15.0 Å². The standard InChI is InChI=1S/C11H21NO3S/c1-8(4-6-13)16-9-3-5-11(7-9,12-2)10(14)15/h8-9,12-13H,3-7H2,1-2H3,(H,14,15). The molecule has 3 unspecified atom stereocenters. The van der Waals surface area contributed by atoms with Crippen molar-refractivity contribution in [3.05, 3.63) is 0 Å². The molecule has 3 atom stereocenters. The van der Waals surface area contributed by atoms with Gasteiger partial charge >= 0.3 is 5.97 Å². The largest absolute Gasteiger partial charge is 0.480 e. The van der Waals surface area contributed by atoms with Crippen LogP contribution in [-0.2, 0) is 4.79 Å². The number of aliphatic hydroxyl groups is 1. The summed E-state index contributed by atoms with van der Waals surface area (Å²) in [6.07, 6.45) is 3.09. The van der Waals surface area contributed by atoms with Gasteiger partial charge in [0.2, 0.25) is 0 Å². The zero-order valence-electron chi connectivity index (χ0n) is 9.90. The monoisotopic (exact) mass is 247 g/mol. The fourth-order valence-corrected chi connectivity index (χ4v) is 3.76. The summed E-state index contributed by atoms with van der Waals surface area (Å²) in [5, 5.41) is 21.8. The van der Waals surface area contributed by atoms with Crippen molar-refractivity contribution in [1.29, 1.82) is 0 Å². The second-order valence-electron chi connectivity index (χ2n) is 4.46. The van der Waals surface area contributed by atoms with E-state index in [1.165, 1.54) is 0 Å². The zero-order valence-corrected chi connectivity index (χ0v) is 10.7. The zero-order chi connectivity index (χ0) is 12.2. The summed E-state index contributed by atoms with van der Waals surface area (Å²) in [6, 6.07) is 0. The fourth-order valence-electron chi connectivity index (χ4n) is 2.22. The quantitative estimate of drug-likeness (QED) is 0.655. The molecular formula is C11H21NO3S. The van der Waals surface area contributed by atoms with Gasteiger partial charge in [0.1, 0.15) is 5.54 Å². The first-order valence-electron chi connectivity index (χ1n) is 5.72. The van der Waals surface area contributed by atoms with Gasteiger partial charge in [-0.05, 0) is 32.7 Å². The molecule has 4 nitrogen and oxygen atoms in total. The number of hydrogen-bond acceptors (Lipinski definition) is 4. The van der Waals surface area contributed by atoms with Crippen LogP contribution in [0.3, 0.4) is 0 Å². The van der Waals surface area contributed by atoms with E-state index in [1.807, 2.05) is 0 Å². The first kappa shape index (κ1) is 13.8. The topological polar surface area (TPSA) is 69.6 Å². The third-order valence-electron chi connectivity index (χ3n) is 3.32. The maximum atomic E-state index is 11.2. The maximum absolute atomic E-state index is 11.2. The maximum Gasteiger partial charge on any atom is 0.323 e. The molecule has 1 fully saturated rings. The van der Waals surface area contributed by atoms with Crippen LogP contribution >= 0.6 is 11.8 Å². The van der Waals surface area contributed by atoms with Gasteiger partial charge in [-0.1, -0.05) is 6.92 Å². The summed E-state index contributed by atoms with van der Waals surface area (Å²) in [6.45, 7) is 2.29. The summed E-state index contributed by atoms with van der Waals surface area (Å²) < 4.78 is 0. The molecule has 0 aromatic carbocycles. The second-order valence-corrected chi connectivity index (χ2v) is 6.20. The lowest BCUT2D eigenvalue weighted by atomic mass is 9.99. The first-order chi connectivity index (χ1) is 7.54. The van der Waals surface area contributed by atoms with Crippen LogP contribution in [-0.4, -0.2) is 45.9 Å². The highest BCUT2D eigenvalue weighted by atomic mass is 32.2. The van der Waals surface area contributed by atoms with Gasteiger partial charge in [0.25, 0.3) is 0 Å². The molecule has 0 bridgehead atoms. The predicted octanol–water partition coefficient (Wildman–Crippen LogP) is 1.09. The number of likely N-dealkylation sites (N-methyl/N-ethyl adjacent to an activating group) is 1. The number of carbonyl (C=O) groups is 1. The van der Waals surface area contributed by atoms with Crippen LogP contribution in [0.1, 0.15) is 32.6 Å². The second kappa shape index (κ2) is 5.89. The lowest BCUT2D eigenvalue weighted by Crippen LogP contribution is -2.48. The van der Waals surface area contributed by atoms with E-state index >= 15 is 0 Å². The van der Waals surface area contributed by atoms with Gasteiger partial charge in [-0.2, -0.15) is 11.8 Å². The van der Waals surface area contributed by atoms with Gasteiger partial charge in [-0.25, -0.2) is 0 Å². The summed E-state index contributed by atoms with van der Waals surface area (Å²) in [4.78, 5) is 11.2. The number of rotatable bonds is 6. The first-order valence-corrected chi connectivity index (χ1v) is 6.67. The molecule has 16 heavy (non-hydrogen) atoms. The minimum atomic E-state index is -0.743. The Morgan fingerprint density at radius 3 is 2.81 bits per heavy atom. The molecule has 0 spiro atoms. The van der Waals surface area contributed by atoms with E-state index in [4.69, 9.17) is 5.11 Å². The smallest absolute Gasteiger partial charge is 0.323 e. The average Bonchev–Trinajstić information content (AvgIpc) is 2.63. The van der Waals surface area contributed by atoms with E-state index in [-0.39, 0.29) is 6.61 Å². The molecule has 5 heteroatoms. The fraction of sp³-hybridized carbons (Fsp3) is 0.909. The Morgan fingerprint density at radius 1 is 1.69 bits per heavy atom. The number of carboxylic acid groups (broad SMARTS) is 1.